The number of methoxy groups -OCH3 is 1. The van der Waals surface area contributed by atoms with Gasteiger partial charge >= 0.3 is 6.18 Å². The van der Waals surface area contributed by atoms with Gasteiger partial charge in [-0.15, -0.1) is 0 Å². The third-order valence-corrected chi connectivity index (χ3v) is 4.20. The van der Waals surface area contributed by atoms with Crippen molar-refractivity contribution >= 4 is 17.6 Å². The van der Waals surface area contributed by atoms with Crippen LogP contribution in [0.3, 0.4) is 0 Å². The van der Waals surface area contributed by atoms with E-state index in [-0.39, 0.29) is 5.75 Å². The summed E-state index contributed by atoms with van der Waals surface area (Å²) in [4.78, 5) is 8.23. The Morgan fingerprint density at radius 1 is 1.16 bits per heavy atom. The molecule has 0 atom stereocenters. The highest BCUT2D eigenvalue weighted by molar-refractivity contribution is 8.00. The highest BCUT2D eigenvalue weighted by Crippen LogP contribution is 2.36. The lowest BCUT2D eigenvalue weighted by Gasteiger charge is -2.13. The van der Waals surface area contributed by atoms with Crippen LogP contribution in [0.5, 0.6) is 5.75 Å². The van der Waals surface area contributed by atoms with Crippen LogP contribution in [0, 0.1) is 0 Å². The van der Waals surface area contributed by atoms with Crippen molar-refractivity contribution in [2.75, 3.05) is 11.8 Å². The molecule has 1 aromatic carbocycles. The minimum absolute atomic E-state index is 0.128. The predicted molar refractivity (Wildman–Crippen MR) is 91.5 cm³/mol. The maximum atomic E-state index is 12.8. The molecule has 0 aliphatic carbocycles. The standard InChI is InChI=1S/C17H14F3N3OS/c1-24-16-8-11(17(18,19)20)5-6-14(16)23-25-12-9-15(22-10-12)13-4-2-3-7-21-13/h2-10,22-23H,1H3. The number of halogens is 3. The van der Waals surface area contributed by atoms with E-state index in [4.69, 9.17) is 4.74 Å². The Hall–Kier alpha value is -2.61. The summed E-state index contributed by atoms with van der Waals surface area (Å²) < 4.78 is 46.3. The fraction of sp³-hybridized carbons (Fsp3) is 0.118. The Morgan fingerprint density at radius 2 is 2.00 bits per heavy atom. The summed E-state index contributed by atoms with van der Waals surface area (Å²) in [6.45, 7) is 0. The number of rotatable bonds is 5. The quantitative estimate of drug-likeness (QED) is 0.609. The number of anilines is 1. The molecule has 0 spiro atoms. The smallest absolute Gasteiger partial charge is 0.416 e. The molecule has 0 saturated heterocycles. The normalized spacial score (nSPS) is 11.4. The number of benzene rings is 1. The van der Waals surface area contributed by atoms with E-state index < -0.39 is 11.7 Å². The third-order valence-electron chi connectivity index (χ3n) is 3.41. The van der Waals surface area contributed by atoms with Gasteiger partial charge in [0.1, 0.15) is 5.75 Å². The molecule has 0 amide bonds. The van der Waals surface area contributed by atoms with Crippen LogP contribution >= 0.6 is 11.9 Å². The molecule has 0 saturated carbocycles. The summed E-state index contributed by atoms with van der Waals surface area (Å²) in [6, 6.07) is 10.8. The predicted octanol–water partition coefficient (Wildman–Crippen LogP) is 5.22. The Labute approximate surface area is 146 Å². The van der Waals surface area contributed by atoms with Crippen molar-refractivity contribution < 1.29 is 17.9 Å². The van der Waals surface area contributed by atoms with Crippen molar-refractivity contribution in [3.8, 4) is 17.1 Å². The van der Waals surface area contributed by atoms with Crippen LogP contribution in [0.15, 0.2) is 59.8 Å². The molecular formula is C17H14F3N3OS. The van der Waals surface area contributed by atoms with Gasteiger partial charge in [0.25, 0.3) is 0 Å². The number of hydrogen-bond acceptors (Lipinski definition) is 4. The largest absolute Gasteiger partial charge is 0.495 e. The number of aromatic amines is 1. The minimum atomic E-state index is -4.41. The van der Waals surface area contributed by atoms with Crippen LogP contribution in [0.1, 0.15) is 5.56 Å². The second-order valence-corrected chi connectivity index (χ2v) is 5.96. The number of hydrogen-bond donors (Lipinski definition) is 2. The molecule has 2 N–H and O–H groups in total. The van der Waals surface area contributed by atoms with E-state index in [0.717, 1.165) is 28.4 Å². The summed E-state index contributed by atoms with van der Waals surface area (Å²) >= 11 is 1.26. The van der Waals surface area contributed by atoms with Gasteiger partial charge in [0, 0.05) is 17.3 Å². The molecule has 2 heterocycles. The zero-order valence-electron chi connectivity index (χ0n) is 13.1. The van der Waals surface area contributed by atoms with Crippen LogP contribution in [0.25, 0.3) is 11.4 Å². The van der Waals surface area contributed by atoms with Gasteiger partial charge in [0.05, 0.1) is 29.7 Å². The van der Waals surface area contributed by atoms with E-state index in [9.17, 15) is 13.2 Å². The number of pyridine rings is 1. The highest BCUT2D eigenvalue weighted by Gasteiger charge is 2.31. The van der Waals surface area contributed by atoms with E-state index in [1.54, 1.807) is 12.4 Å². The second-order valence-electron chi connectivity index (χ2n) is 5.08. The van der Waals surface area contributed by atoms with Gasteiger partial charge in [0.15, 0.2) is 0 Å². The fourth-order valence-corrected chi connectivity index (χ4v) is 2.86. The molecule has 0 bridgehead atoms. The van der Waals surface area contributed by atoms with Crippen molar-refractivity contribution in [1.82, 2.24) is 9.97 Å². The summed E-state index contributed by atoms with van der Waals surface area (Å²) in [5.41, 5.74) is 1.37. The Bertz CT molecular complexity index is 850. The molecule has 0 aliphatic rings. The van der Waals surface area contributed by atoms with Crippen molar-refractivity contribution in [3.63, 3.8) is 0 Å². The first-order valence-corrected chi connectivity index (χ1v) is 8.07. The first-order chi connectivity index (χ1) is 12.0. The van der Waals surface area contributed by atoms with Crippen molar-refractivity contribution in [2.45, 2.75) is 11.1 Å². The average Bonchev–Trinajstić information content (AvgIpc) is 3.08. The molecule has 0 aliphatic heterocycles. The lowest BCUT2D eigenvalue weighted by Crippen LogP contribution is -2.05. The molecule has 0 fully saturated rings. The van der Waals surface area contributed by atoms with Gasteiger partial charge in [-0.05, 0) is 48.3 Å². The van der Waals surface area contributed by atoms with Crippen LogP contribution in [0.2, 0.25) is 0 Å². The van der Waals surface area contributed by atoms with E-state index in [1.807, 2.05) is 24.3 Å². The van der Waals surface area contributed by atoms with Gasteiger partial charge in [-0.25, -0.2) is 0 Å². The SMILES string of the molecule is COc1cc(C(F)(F)F)ccc1NSc1c[nH]c(-c2ccccn2)c1. The van der Waals surface area contributed by atoms with Gasteiger partial charge in [-0.3, -0.25) is 4.98 Å². The Morgan fingerprint density at radius 3 is 2.68 bits per heavy atom. The number of aromatic nitrogens is 2. The molecule has 25 heavy (non-hydrogen) atoms. The minimum Gasteiger partial charge on any atom is -0.495 e. The zero-order valence-corrected chi connectivity index (χ0v) is 13.9. The molecule has 2 aromatic heterocycles. The lowest BCUT2D eigenvalue weighted by atomic mass is 10.2. The number of nitrogens with one attached hydrogen (secondary N) is 2. The molecule has 4 nitrogen and oxygen atoms in total. The molecular weight excluding hydrogens is 351 g/mol. The Kier molecular flexibility index (Phi) is 4.89. The van der Waals surface area contributed by atoms with E-state index in [0.29, 0.717) is 5.69 Å². The summed E-state index contributed by atoms with van der Waals surface area (Å²) in [5, 5.41) is 0. The molecule has 3 rings (SSSR count). The van der Waals surface area contributed by atoms with Gasteiger partial charge in [-0.1, -0.05) is 6.07 Å². The van der Waals surface area contributed by atoms with Crippen LogP contribution < -0.4 is 9.46 Å². The Balaban J connectivity index is 1.73. The maximum absolute atomic E-state index is 12.8. The molecule has 8 heteroatoms. The first kappa shape index (κ1) is 17.2. The maximum Gasteiger partial charge on any atom is 0.416 e. The van der Waals surface area contributed by atoms with Crippen molar-refractivity contribution in [3.05, 3.63) is 60.4 Å². The monoisotopic (exact) mass is 365 g/mol. The van der Waals surface area contributed by atoms with Gasteiger partial charge in [0.2, 0.25) is 0 Å². The summed E-state index contributed by atoms with van der Waals surface area (Å²) in [7, 11) is 1.33. The number of H-pyrrole nitrogens is 1. The van der Waals surface area contributed by atoms with Gasteiger partial charge < -0.3 is 14.4 Å². The lowest BCUT2D eigenvalue weighted by molar-refractivity contribution is -0.137. The van der Waals surface area contributed by atoms with Crippen LogP contribution in [-0.4, -0.2) is 17.1 Å². The average molecular weight is 365 g/mol. The van der Waals surface area contributed by atoms with Crippen molar-refractivity contribution in [2.24, 2.45) is 0 Å². The van der Waals surface area contributed by atoms with Crippen molar-refractivity contribution in [1.29, 1.82) is 0 Å². The van der Waals surface area contributed by atoms with Gasteiger partial charge in [-0.2, -0.15) is 13.2 Å². The first-order valence-electron chi connectivity index (χ1n) is 7.25. The number of ether oxygens (including phenoxy) is 1. The highest BCUT2D eigenvalue weighted by atomic mass is 32.2. The molecule has 0 unspecified atom stereocenters. The number of alkyl halides is 3. The summed E-state index contributed by atoms with van der Waals surface area (Å²) in [6.07, 6.45) is -0.913. The van der Waals surface area contributed by atoms with E-state index in [1.165, 1.54) is 25.1 Å². The molecule has 0 radical (unpaired) electrons. The molecule has 130 valence electrons. The fourth-order valence-electron chi connectivity index (χ4n) is 2.17. The van der Waals surface area contributed by atoms with E-state index >= 15 is 0 Å². The van der Waals surface area contributed by atoms with Crippen LogP contribution in [0.4, 0.5) is 18.9 Å². The second kappa shape index (κ2) is 7.10. The summed E-state index contributed by atoms with van der Waals surface area (Å²) in [5.74, 6) is 0.128. The number of nitrogens with zero attached hydrogens (tertiary/aromatic N) is 1. The van der Waals surface area contributed by atoms with E-state index in [2.05, 4.69) is 14.7 Å². The third kappa shape index (κ3) is 4.08. The topological polar surface area (TPSA) is 49.9 Å². The molecule has 3 aromatic rings. The van der Waals surface area contributed by atoms with Crippen LogP contribution in [-0.2, 0) is 6.18 Å². The zero-order chi connectivity index (χ0) is 17.9.